The highest BCUT2D eigenvalue weighted by molar-refractivity contribution is 7.99. The molecule has 3 aliphatic rings. The lowest BCUT2D eigenvalue weighted by molar-refractivity contribution is 0.786. The highest BCUT2D eigenvalue weighted by Gasteiger charge is 2.52. The van der Waals surface area contributed by atoms with E-state index in [1.54, 1.807) is 0 Å². The fraction of sp³-hybridized carbons (Fsp3) is 0.0476. The summed E-state index contributed by atoms with van der Waals surface area (Å²) < 4.78 is 0. The van der Waals surface area contributed by atoms with Gasteiger partial charge in [0.25, 0.3) is 0 Å². The van der Waals surface area contributed by atoms with Crippen LogP contribution in [0, 0.1) is 6.92 Å². The maximum Gasteiger partial charge on any atom is 0.0728 e. The monoisotopic (exact) mass is 562 g/mol. The minimum atomic E-state index is -0.328. The molecule has 0 fully saturated rings. The summed E-state index contributed by atoms with van der Waals surface area (Å²) in [5.41, 5.74) is 17.3. The second kappa shape index (κ2) is 8.37. The first-order chi connectivity index (χ1) is 21.2. The van der Waals surface area contributed by atoms with Crippen LogP contribution in [0.25, 0.3) is 55.3 Å². The van der Waals surface area contributed by atoms with E-state index in [0.29, 0.717) is 0 Å². The van der Waals surface area contributed by atoms with Crippen molar-refractivity contribution in [3.63, 3.8) is 0 Å². The van der Waals surface area contributed by atoms with E-state index in [4.69, 9.17) is 0 Å². The first-order valence-electron chi connectivity index (χ1n) is 15.0. The molecule has 1 heteroatoms. The number of hydrogen-bond donors (Lipinski definition) is 0. The molecular weight excluding hydrogens is 537 g/mol. The van der Waals surface area contributed by atoms with E-state index in [2.05, 4.69) is 146 Å². The van der Waals surface area contributed by atoms with Crippen molar-refractivity contribution in [2.24, 2.45) is 0 Å². The van der Waals surface area contributed by atoms with Crippen LogP contribution >= 0.6 is 11.8 Å². The smallest absolute Gasteiger partial charge is 0.0728 e. The topological polar surface area (TPSA) is 0 Å². The van der Waals surface area contributed by atoms with Gasteiger partial charge in [-0.3, -0.25) is 0 Å². The Morgan fingerprint density at radius 2 is 1.09 bits per heavy atom. The lowest BCUT2D eigenvalue weighted by Gasteiger charge is -2.31. The zero-order valence-electron chi connectivity index (χ0n) is 23.7. The molecule has 1 unspecified atom stereocenters. The van der Waals surface area contributed by atoms with Gasteiger partial charge in [-0.1, -0.05) is 133 Å². The molecule has 0 aromatic heterocycles. The summed E-state index contributed by atoms with van der Waals surface area (Å²) in [4.78, 5) is 2.67. The molecule has 0 bridgehead atoms. The molecule has 0 saturated carbocycles. The highest BCUT2D eigenvalue weighted by Crippen LogP contribution is 2.64. The molecule has 0 nitrogen and oxygen atoms in total. The van der Waals surface area contributed by atoms with Crippen LogP contribution in [0.1, 0.15) is 27.8 Å². The normalized spacial score (nSPS) is 16.5. The first-order valence-corrected chi connectivity index (χ1v) is 15.8. The number of benzene rings is 7. The van der Waals surface area contributed by atoms with Crippen LogP contribution in [0.2, 0.25) is 0 Å². The zero-order valence-corrected chi connectivity index (χ0v) is 24.5. The number of hydrogen-bond acceptors (Lipinski definition) is 1. The van der Waals surface area contributed by atoms with Crippen molar-refractivity contribution in [2.45, 2.75) is 22.1 Å². The van der Waals surface area contributed by atoms with Gasteiger partial charge < -0.3 is 0 Å². The molecule has 1 aliphatic heterocycles. The van der Waals surface area contributed by atoms with E-state index in [1.807, 2.05) is 11.8 Å². The molecule has 43 heavy (non-hydrogen) atoms. The van der Waals surface area contributed by atoms with Crippen LogP contribution in [0.5, 0.6) is 0 Å². The van der Waals surface area contributed by atoms with Crippen molar-refractivity contribution in [1.29, 1.82) is 0 Å². The second-order valence-corrected chi connectivity index (χ2v) is 13.1. The third kappa shape index (κ3) is 2.88. The summed E-state index contributed by atoms with van der Waals surface area (Å²) in [6.07, 6.45) is 0. The van der Waals surface area contributed by atoms with Gasteiger partial charge in [-0.15, -0.1) is 0 Å². The molecular formula is C42H26S. The average Bonchev–Trinajstić information content (AvgIpc) is 3.53. The van der Waals surface area contributed by atoms with Crippen LogP contribution in [0.4, 0.5) is 0 Å². The van der Waals surface area contributed by atoms with Crippen molar-refractivity contribution < 1.29 is 0 Å². The molecule has 0 saturated heterocycles. The van der Waals surface area contributed by atoms with Gasteiger partial charge >= 0.3 is 0 Å². The molecule has 0 radical (unpaired) electrons. The van der Waals surface area contributed by atoms with Crippen molar-refractivity contribution in [3.05, 3.63) is 167 Å². The van der Waals surface area contributed by atoms with Crippen molar-refractivity contribution in [3.8, 4) is 44.5 Å². The van der Waals surface area contributed by atoms with E-state index < -0.39 is 0 Å². The van der Waals surface area contributed by atoms with Crippen molar-refractivity contribution >= 4 is 22.5 Å². The SMILES string of the molecule is Cc1cccc2c1C1(c3ccccc3-2)c2ccccc2-c2c(-c3cc4c5c(cccc5c3)-c3ccccc3S4)cccc21. The van der Waals surface area contributed by atoms with Crippen molar-refractivity contribution in [2.75, 3.05) is 0 Å². The molecule has 1 spiro atoms. The lowest BCUT2D eigenvalue weighted by Crippen LogP contribution is -2.26. The van der Waals surface area contributed by atoms with Crippen LogP contribution < -0.4 is 0 Å². The molecule has 10 rings (SSSR count). The number of aryl methyl sites for hydroxylation is 1. The van der Waals surface area contributed by atoms with Crippen molar-refractivity contribution in [1.82, 2.24) is 0 Å². The predicted octanol–water partition coefficient (Wildman–Crippen LogP) is 11.3. The minimum absolute atomic E-state index is 0.328. The van der Waals surface area contributed by atoms with E-state index in [1.165, 1.54) is 92.9 Å². The summed E-state index contributed by atoms with van der Waals surface area (Å²) in [5.74, 6) is 0. The molecule has 1 atom stereocenters. The summed E-state index contributed by atoms with van der Waals surface area (Å²) in [6.45, 7) is 2.29. The Labute approximate surface area is 255 Å². The first kappa shape index (κ1) is 23.7. The van der Waals surface area contributed by atoms with Crippen LogP contribution in [-0.2, 0) is 5.41 Å². The number of rotatable bonds is 1. The van der Waals surface area contributed by atoms with Gasteiger partial charge in [0.05, 0.1) is 5.41 Å². The van der Waals surface area contributed by atoms with E-state index in [9.17, 15) is 0 Å². The maximum atomic E-state index is 2.44. The Morgan fingerprint density at radius 1 is 0.465 bits per heavy atom. The number of fused-ring (bicyclic) bond motifs is 12. The second-order valence-electron chi connectivity index (χ2n) is 12.0. The maximum absolute atomic E-state index is 2.44. The predicted molar refractivity (Wildman–Crippen MR) is 180 cm³/mol. The Bertz CT molecular complexity index is 2340. The van der Waals surface area contributed by atoms with Gasteiger partial charge in [-0.25, -0.2) is 0 Å². The van der Waals surface area contributed by atoms with E-state index in [-0.39, 0.29) is 5.41 Å². The Hall–Kier alpha value is -4.85. The van der Waals surface area contributed by atoms with Gasteiger partial charge in [0.1, 0.15) is 0 Å². The van der Waals surface area contributed by atoms with Gasteiger partial charge in [-0.2, -0.15) is 0 Å². The zero-order chi connectivity index (χ0) is 28.3. The van der Waals surface area contributed by atoms with Crippen LogP contribution in [0.15, 0.2) is 149 Å². The molecule has 7 aromatic rings. The third-order valence-corrected chi connectivity index (χ3v) is 11.1. The quantitative estimate of drug-likeness (QED) is 0.192. The van der Waals surface area contributed by atoms with Gasteiger partial charge in [0.2, 0.25) is 0 Å². The minimum Gasteiger partial charge on any atom is -0.0888 e. The van der Waals surface area contributed by atoms with Gasteiger partial charge in [0, 0.05) is 15.2 Å². The summed E-state index contributed by atoms with van der Waals surface area (Å²) in [5, 5.41) is 2.67. The van der Waals surface area contributed by atoms with Crippen LogP contribution in [-0.4, -0.2) is 0 Å². The van der Waals surface area contributed by atoms with E-state index in [0.717, 1.165) is 0 Å². The summed E-state index contributed by atoms with van der Waals surface area (Å²) in [7, 11) is 0. The molecule has 0 amide bonds. The summed E-state index contributed by atoms with van der Waals surface area (Å²) in [6, 6.07) is 52.5. The standard InChI is InChI=1S/C42H26S/c1-25-11-8-18-32-29-13-2-5-19-34(29)42(41(25)32)35-20-6-3-15-33(35)40-28(16-10-21-36(40)42)27-23-26-12-9-17-31-30-14-4-7-22-37(30)43-38(24-27)39(26)31/h2-24H,1H3. The Morgan fingerprint density at radius 3 is 1.98 bits per heavy atom. The molecule has 1 heterocycles. The van der Waals surface area contributed by atoms with Gasteiger partial charge in [0.15, 0.2) is 0 Å². The Balaban J connectivity index is 1.30. The average molecular weight is 563 g/mol. The molecule has 200 valence electrons. The lowest BCUT2D eigenvalue weighted by atomic mass is 9.69. The fourth-order valence-corrected chi connectivity index (χ4v) is 9.63. The fourth-order valence-electron chi connectivity index (χ4n) is 8.44. The molecule has 7 aromatic carbocycles. The Kier molecular flexibility index (Phi) is 4.61. The largest absolute Gasteiger partial charge is 0.0888 e. The highest BCUT2D eigenvalue weighted by atomic mass is 32.2. The van der Waals surface area contributed by atoms with E-state index >= 15 is 0 Å². The molecule has 2 aliphatic carbocycles. The third-order valence-electron chi connectivity index (χ3n) is 9.99. The van der Waals surface area contributed by atoms with Crippen LogP contribution in [0.3, 0.4) is 0 Å². The molecule has 0 N–H and O–H groups in total. The summed E-state index contributed by atoms with van der Waals surface area (Å²) >= 11 is 1.90. The van der Waals surface area contributed by atoms with Gasteiger partial charge in [-0.05, 0) is 103 Å².